The van der Waals surface area contributed by atoms with Gasteiger partial charge in [0, 0.05) is 44.2 Å². The van der Waals surface area contributed by atoms with Gasteiger partial charge in [-0.3, -0.25) is 9.59 Å². The van der Waals surface area contributed by atoms with Crippen molar-refractivity contribution >= 4 is 11.8 Å². The van der Waals surface area contributed by atoms with E-state index in [4.69, 9.17) is 4.74 Å². The molecule has 2 amide bonds. The van der Waals surface area contributed by atoms with Gasteiger partial charge in [-0.2, -0.15) is 0 Å². The van der Waals surface area contributed by atoms with Gasteiger partial charge in [-0.1, -0.05) is 26.7 Å². The summed E-state index contributed by atoms with van der Waals surface area (Å²) in [5, 5.41) is 3.28. The molecular weight excluding hydrogens is 316 g/mol. The molecule has 3 aliphatic rings. The fourth-order valence-electron chi connectivity index (χ4n) is 4.75. The van der Waals surface area contributed by atoms with Gasteiger partial charge in [-0.25, -0.2) is 0 Å². The second kappa shape index (κ2) is 8.07. The summed E-state index contributed by atoms with van der Waals surface area (Å²) in [6.45, 7) is 7.04. The molecule has 0 aromatic rings. The van der Waals surface area contributed by atoms with Gasteiger partial charge in [0.2, 0.25) is 11.8 Å². The zero-order valence-corrected chi connectivity index (χ0v) is 15.9. The van der Waals surface area contributed by atoms with E-state index < -0.39 is 0 Å². The molecule has 0 aromatic heterocycles. The van der Waals surface area contributed by atoms with Crippen LogP contribution in [0.2, 0.25) is 0 Å². The maximum absolute atomic E-state index is 13.0. The van der Waals surface area contributed by atoms with Gasteiger partial charge in [0.1, 0.15) is 0 Å². The number of carbonyl (C=O) groups excluding carboxylic acids is 2. The normalized spacial score (nSPS) is 26.5. The van der Waals surface area contributed by atoms with Gasteiger partial charge >= 0.3 is 0 Å². The Kier molecular flexibility index (Phi) is 6.03. The van der Waals surface area contributed by atoms with Crippen molar-refractivity contribution in [2.75, 3.05) is 26.3 Å². The summed E-state index contributed by atoms with van der Waals surface area (Å²) in [7, 11) is 0. The molecule has 1 atom stereocenters. The molecule has 3 rings (SSSR count). The highest BCUT2D eigenvalue weighted by molar-refractivity contribution is 5.83. The first-order valence-corrected chi connectivity index (χ1v) is 10.2. The van der Waals surface area contributed by atoms with Crippen LogP contribution in [0.4, 0.5) is 0 Å². The van der Waals surface area contributed by atoms with Gasteiger partial charge in [-0.15, -0.1) is 0 Å². The summed E-state index contributed by atoms with van der Waals surface area (Å²) in [5.41, 5.74) is -0.0750. The van der Waals surface area contributed by atoms with Crippen molar-refractivity contribution in [2.24, 2.45) is 17.3 Å². The van der Waals surface area contributed by atoms with Crippen molar-refractivity contribution in [1.29, 1.82) is 0 Å². The van der Waals surface area contributed by atoms with Crippen LogP contribution in [0.3, 0.4) is 0 Å². The Hall–Kier alpha value is -1.10. The number of rotatable bonds is 5. The van der Waals surface area contributed by atoms with Crippen molar-refractivity contribution in [3.8, 4) is 0 Å². The van der Waals surface area contributed by atoms with E-state index in [1.807, 2.05) is 4.90 Å². The fraction of sp³-hybridized carbons (Fsp3) is 0.900. The van der Waals surface area contributed by atoms with Crippen molar-refractivity contribution in [3.05, 3.63) is 0 Å². The van der Waals surface area contributed by atoms with E-state index in [1.54, 1.807) is 0 Å². The highest BCUT2D eigenvalue weighted by Crippen LogP contribution is 2.44. The topological polar surface area (TPSA) is 58.6 Å². The average molecular weight is 351 g/mol. The lowest BCUT2D eigenvalue weighted by atomic mass is 9.71. The Bertz CT molecular complexity index is 479. The molecule has 25 heavy (non-hydrogen) atoms. The highest BCUT2D eigenvalue weighted by Gasteiger charge is 2.51. The van der Waals surface area contributed by atoms with Crippen molar-refractivity contribution < 1.29 is 14.3 Å². The van der Waals surface area contributed by atoms with E-state index in [0.29, 0.717) is 38.1 Å². The van der Waals surface area contributed by atoms with Crippen LogP contribution in [0.5, 0.6) is 0 Å². The van der Waals surface area contributed by atoms with Gasteiger partial charge in [0.05, 0.1) is 5.92 Å². The first kappa shape index (κ1) is 18.7. The molecule has 1 N–H and O–H groups in total. The molecule has 2 aliphatic heterocycles. The molecule has 1 unspecified atom stereocenters. The Morgan fingerprint density at radius 2 is 1.88 bits per heavy atom. The quantitative estimate of drug-likeness (QED) is 0.829. The first-order valence-electron chi connectivity index (χ1n) is 10.2. The lowest BCUT2D eigenvalue weighted by Crippen LogP contribution is -2.46. The molecule has 0 aromatic carbocycles. The smallest absolute Gasteiger partial charge is 0.225 e. The molecule has 0 radical (unpaired) electrons. The number of ether oxygens (including phenoxy) is 1. The van der Waals surface area contributed by atoms with Crippen LogP contribution in [-0.4, -0.2) is 49.1 Å². The summed E-state index contributed by atoms with van der Waals surface area (Å²) in [4.78, 5) is 27.6. The minimum absolute atomic E-state index is 0.0694. The number of nitrogens with zero attached hydrogens (tertiary/aromatic N) is 1. The average Bonchev–Trinajstić information content (AvgIpc) is 3.21. The van der Waals surface area contributed by atoms with Gasteiger partial charge in [0.15, 0.2) is 0 Å². The zero-order valence-electron chi connectivity index (χ0n) is 15.9. The van der Waals surface area contributed by atoms with Crippen LogP contribution in [0, 0.1) is 17.3 Å². The van der Waals surface area contributed by atoms with E-state index in [0.717, 1.165) is 38.6 Å². The summed E-state index contributed by atoms with van der Waals surface area (Å²) >= 11 is 0. The summed E-state index contributed by atoms with van der Waals surface area (Å²) in [6.07, 6.45) is 7.94. The summed E-state index contributed by atoms with van der Waals surface area (Å²) < 4.78 is 5.56. The van der Waals surface area contributed by atoms with Gasteiger partial charge < -0.3 is 15.0 Å². The Balaban J connectivity index is 1.67. The first-order chi connectivity index (χ1) is 12.0. The third-order valence-electron chi connectivity index (χ3n) is 6.44. The van der Waals surface area contributed by atoms with E-state index in [2.05, 4.69) is 19.2 Å². The third-order valence-corrected chi connectivity index (χ3v) is 6.44. The maximum Gasteiger partial charge on any atom is 0.225 e. The molecule has 1 aliphatic carbocycles. The highest BCUT2D eigenvalue weighted by atomic mass is 16.5. The second-order valence-electron chi connectivity index (χ2n) is 8.72. The van der Waals surface area contributed by atoms with Crippen molar-refractivity contribution in [1.82, 2.24) is 10.2 Å². The SMILES string of the molecule is CC(C)CCC(=O)N1CC(C(=O)NC2CCCC2)C2(CCOCC2)C1. The van der Waals surface area contributed by atoms with Crippen LogP contribution < -0.4 is 5.32 Å². The Labute approximate surface area is 151 Å². The van der Waals surface area contributed by atoms with Crippen LogP contribution in [-0.2, 0) is 14.3 Å². The van der Waals surface area contributed by atoms with E-state index in [9.17, 15) is 9.59 Å². The largest absolute Gasteiger partial charge is 0.381 e. The zero-order chi connectivity index (χ0) is 17.9. The third kappa shape index (κ3) is 4.36. The number of hydrogen-bond acceptors (Lipinski definition) is 3. The molecule has 3 fully saturated rings. The van der Waals surface area contributed by atoms with E-state index >= 15 is 0 Å². The Morgan fingerprint density at radius 3 is 2.52 bits per heavy atom. The molecule has 5 heteroatoms. The predicted octanol–water partition coefficient (Wildman–Crippen LogP) is 2.74. The molecule has 1 spiro atoms. The van der Waals surface area contributed by atoms with Crippen molar-refractivity contribution in [2.45, 2.75) is 71.3 Å². The van der Waals surface area contributed by atoms with E-state index in [-0.39, 0.29) is 23.1 Å². The molecule has 142 valence electrons. The molecule has 2 saturated heterocycles. The lowest BCUT2D eigenvalue weighted by Gasteiger charge is -2.37. The molecule has 5 nitrogen and oxygen atoms in total. The fourth-order valence-corrected chi connectivity index (χ4v) is 4.75. The number of carbonyl (C=O) groups is 2. The van der Waals surface area contributed by atoms with E-state index in [1.165, 1.54) is 12.8 Å². The Morgan fingerprint density at radius 1 is 1.20 bits per heavy atom. The molecule has 2 heterocycles. The predicted molar refractivity (Wildman–Crippen MR) is 97.0 cm³/mol. The maximum atomic E-state index is 13.0. The molecule has 1 saturated carbocycles. The summed E-state index contributed by atoms with van der Waals surface area (Å²) in [6, 6.07) is 0.343. The second-order valence-corrected chi connectivity index (χ2v) is 8.72. The number of likely N-dealkylation sites (tertiary alicyclic amines) is 1. The van der Waals surface area contributed by atoms with Crippen LogP contribution in [0.25, 0.3) is 0 Å². The molecular formula is C20H34N2O3. The van der Waals surface area contributed by atoms with Crippen LogP contribution in [0.1, 0.15) is 65.2 Å². The minimum atomic E-state index is -0.0750. The number of hydrogen-bond donors (Lipinski definition) is 1. The number of amides is 2. The van der Waals surface area contributed by atoms with Crippen LogP contribution >= 0.6 is 0 Å². The summed E-state index contributed by atoms with van der Waals surface area (Å²) in [5.74, 6) is 0.855. The standard InChI is InChI=1S/C20H34N2O3/c1-15(2)7-8-18(23)22-13-17(19(24)21-16-5-3-4-6-16)20(14-22)9-11-25-12-10-20/h15-17H,3-14H2,1-2H3,(H,21,24). The minimum Gasteiger partial charge on any atom is -0.381 e. The number of nitrogens with one attached hydrogen (secondary N) is 1. The van der Waals surface area contributed by atoms with Crippen LogP contribution in [0.15, 0.2) is 0 Å². The van der Waals surface area contributed by atoms with Gasteiger partial charge in [-0.05, 0) is 38.0 Å². The molecule has 0 bridgehead atoms. The lowest BCUT2D eigenvalue weighted by molar-refractivity contribution is -0.131. The van der Waals surface area contributed by atoms with Gasteiger partial charge in [0.25, 0.3) is 0 Å². The van der Waals surface area contributed by atoms with Crippen molar-refractivity contribution in [3.63, 3.8) is 0 Å². The monoisotopic (exact) mass is 350 g/mol.